The monoisotopic (exact) mass is 275 g/mol. The van der Waals surface area contributed by atoms with Gasteiger partial charge in [-0.3, -0.25) is 0 Å². The van der Waals surface area contributed by atoms with Crippen molar-refractivity contribution in [1.29, 1.82) is 0 Å². The van der Waals surface area contributed by atoms with Crippen molar-refractivity contribution < 1.29 is 8.42 Å². The van der Waals surface area contributed by atoms with Crippen LogP contribution < -0.4 is 5.32 Å². The molecule has 1 heterocycles. The van der Waals surface area contributed by atoms with Crippen LogP contribution in [0, 0.1) is 6.92 Å². The first-order valence-electron chi connectivity index (χ1n) is 5.89. The van der Waals surface area contributed by atoms with Crippen LogP contribution in [0.2, 0.25) is 0 Å². The number of rotatable bonds is 7. The molecule has 0 aliphatic heterocycles. The zero-order valence-electron chi connectivity index (χ0n) is 10.7. The molecule has 0 aromatic carbocycles. The van der Waals surface area contributed by atoms with Gasteiger partial charge < -0.3 is 5.32 Å². The Bertz CT molecular complexity index is 437. The lowest BCUT2D eigenvalue weighted by Gasteiger charge is -2.17. The van der Waals surface area contributed by atoms with E-state index in [0.717, 1.165) is 13.0 Å². The maximum atomic E-state index is 11.2. The Labute approximate surface area is 108 Å². The highest BCUT2D eigenvalue weighted by Crippen LogP contribution is 2.26. The highest BCUT2D eigenvalue weighted by molar-refractivity contribution is 7.90. The van der Waals surface area contributed by atoms with E-state index in [-0.39, 0.29) is 11.8 Å². The van der Waals surface area contributed by atoms with Crippen LogP contribution >= 0.6 is 11.3 Å². The lowest BCUT2D eigenvalue weighted by molar-refractivity contribution is 0.518. The molecular formula is C12H21NO2S2. The first kappa shape index (κ1) is 14.7. The smallest absolute Gasteiger partial charge is 0.147 e. The SMILES string of the molecule is CCCNC(CCS(C)(=O)=O)c1sccc1C. The minimum absolute atomic E-state index is 0.171. The zero-order chi connectivity index (χ0) is 12.9. The average molecular weight is 275 g/mol. The Morgan fingerprint density at radius 3 is 2.65 bits per heavy atom. The Morgan fingerprint density at radius 2 is 2.18 bits per heavy atom. The van der Waals surface area contributed by atoms with Gasteiger partial charge in [0.15, 0.2) is 0 Å². The van der Waals surface area contributed by atoms with Gasteiger partial charge in [0.25, 0.3) is 0 Å². The number of hydrogen-bond acceptors (Lipinski definition) is 4. The molecule has 0 fully saturated rings. The van der Waals surface area contributed by atoms with Gasteiger partial charge in [-0.05, 0) is 43.3 Å². The highest BCUT2D eigenvalue weighted by atomic mass is 32.2. The first-order valence-corrected chi connectivity index (χ1v) is 8.83. The molecule has 17 heavy (non-hydrogen) atoms. The fourth-order valence-corrected chi connectivity index (χ4v) is 3.42. The van der Waals surface area contributed by atoms with Crippen molar-refractivity contribution in [3.63, 3.8) is 0 Å². The largest absolute Gasteiger partial charge is 0.309 e. The summed E-state index contributed by atoms with van der Waals surface area (Å²) in [5, 5.41) is 5.49. The number of hydrogen-bond donors (Lipinski definition) is 1. The second-order valence-electron chi connectivity index (χ2n) is 4.39. The molecule has 1 N–H and O–H groups in total. The summed E-state index contributed by atoms with van der Waals surface area (Å²) in [5.41, 5.74) is 1.25. The lowest BCUT2D eigenvalue weighted by Crippen LogP contribution is -2.24. The molecule has 1 aromatic heterocycles. The highest BCUT2D eigenvalue weighted by Gasteiger charge is 2.16. The van der Waals surface area contributed by atoms with Gasteiger partial charge in [-0.2, -0.15) is 0 Å². The van der Waals surface area contributed by atoms with Gasteiger partial charge in [0, 0.05) is 17.2 Å². The van der Waals surface area contributed by atoms with Crippen LogP contribution in [0.5, 0.6) is 0 Å². The molecule has 0 amide bonds. The molecule has 1 unspecified atom stereocenters. The number of sulfone groups is 1. The Hall–Kier alpha value is -0.390. The normalized spacial score (nSPS) is 13.8. The van der Waals surface area contributed by atoms with Crippen molar-refractivity contribution in [2.24, 2.45) is 0 Å². The first-order chi connectivity index (χ1) is 7.94. The number of thiophene rings is 1. The molecule has 1 rings (SSSR count). The van der Waals surface area contributed by atoms with Gasteiger partial charge in [-0.1, -0.05) is 6.92 Å². The summed E-state index contributed by atoms with van der Waals surface area (Å²) in [6, 6.07) is 2.26. The van der Waals surface area contributed by atoms with Crippen LogP contribution in [0.1, 0.15) is 36.2 Å². The Kier molecular flexibility index (Phi) is 5.62. The maximum absolute atomic E-state index is 11.2. The summed E-state index contributed by atoms with van der Waals surface area (Å²) in [6.07, 6.45) is 3.01. The second-order valence-corrected chi connectivity index (χ2v) is 7.60. The van der Waals surface area contributed by atoms with E-state index in [0.29, 0.717) is 6.42 Å². The number of nitrogens with one attached hydrogen (secondary N) is 1. The van der Waals surface area contributed by atoms with Crippen molar-refractivity contribution in [1.82, 2.24) is 5.32 Å². The van der Waals surface area contributed by atoms with Crippen molar-refractivity contribution in [2.75, 3.05) is 18.6 Å². The van der Waals surface area contributed by atoms with Crippen LogP contribution in [0.25, 0.3) is 0 Å². The third-order valence-electron chi connectivity index (χ3n) is 2.64. The average Bonchev–Trinajstić information content (AvgIpc) is 2.63. The standard InChI is InChI=1S/C12H21NO2S2/c1-4-7-13-11(6-9-17(3,14)15)12-10(2)5-8-16-12/h5,8,11,13H,4,6-7,9H2,1-3H3. The molecule has 0 spiro atoms. The predicted molar refractivity (Wildman–Crippen MR) is 74.4 cm³/mol. The molecule has 0 aliphatic carbocycles. The minimum Gasteiger partial charge on any atom is -0.309 e. The quantitative estimate of drug-likeness (QED) is 0.832. The third kappa shape index (κ3) is 5.19. The van der Waals surface area contributed by atoms with Crippen molar-refractivity contribution >= 4 is 21.2 Å². The van der Waals surface area contributed by atoms with Gasteiger partial charge in [0.2, 0.25) is 0 Å². The van der Waals surface area contributed by atoms with E-state index in [2.05, 4.69) is 30.6 Å². The summed E-state index contributed by atoms with van der Waals surface area (Å²) in [5.74, 6) is 0.242. The van der Waals surface area contributed by atoms with Crippen LogP contribution in [0.4, 0.5) is 0 Å². The molecule has 3 nitrogen and oxygen atoms in total. The molecule has 1 aromatic rings. The summed E-state index contributed by atoms with van der Waals surface area (Å²) in [7, 11) is -2.88. The molecule has 98 valence electrons. The molecule has 5 heteroatoms. The summed E-state index contributed by atoms with van der Waals surface area (Å²) < 4.78 is 22.5. The van der Waals surface area contributed by atoms with Crippen LogP contribution in [-0.2, 0) is 9.84 Å². The molecular weight excluding hydrogens is 254 g/mol. The molecule has 0 bridgehead atoms. The van der Waals surface area contributed by atoms with E-state index in [4.69, 9.17) is 0 Å². The van der Waals surface area contributed by atoms with Gasteiger partial charge in [-0.25, -0.2) is 8.42 Å². The lowest BCUT2D eigenvalue weighted by atomic mass is 10.1. The van der Waals surface area contributed by atoms with E-state index in [1.54, 1.807) is 11.3 Å². The third-order valence-corrected chi connectivity index (χ3v) is 4.75. The summed E-state index contributed by atoms with van der Waals surface area (Å²) >= 11 is 1.70. The van der Waals surface area contributed by atoms with E-state index in [1.807, 2.05) is 0 Å². The van der Waals surface area contributed by atoms with Gasteiger partial charge in [0.1, 0.15) is 9.84 Å². The Morgan fingerprint density at radius 1 is 1.47 bits per heavy atom. The van der Waals surface area contributed by atoms with E-state index in [9.17, 15) is 8.42 Å². The maximum Gasteiger partial charge on any atom is 0.147 e. The van der Waals surface area contributed by atoms with Crippen molar-refractivity contribution in [2.45, 2.75) is 32.7 Å². The number of aryl methyl sites for hydroxylation is 1. The molecule has 1 atom stereocenters. The second kappa shape index (κ2) is 6.52. The minimum atomic E-state index is -2.88. The van der Waals surface area contributed by atoms with Crippen LogP contribution in [0.3, 0.4) is 0 Å². The molecule has 0 saturated heterocycles. The van der Waals surface area contributed by atoms with Crippen LogP contribution in [0.15, 0.2) is 11.4 Å². The van der Waals surface area contributed by atoms with Crippen LogP contribution in [-0.4, -0.2) is 27.0 Å². The fourth-order valence-electron chi connectivity index (χ4n) is 1.72. The topological polar surface area (TPSA) is 46.2 Å². The van der Waals surface area contributed by atoms with E-state index < -0.39 is 9.84 Å². The van der Waals surface area contributed by atoms with E-state index in [1.165, 1.54) is 16.7 Å². The van der Waals surface area contributed by atoms with Gasteiger partial charge in [-0.15, -0.1) is 11.3 Å². The molecule has 0 saturated carbocycles. The van der Waals surface area contributed by atoms with Crippen molar-refractivity contribution in [3.05, 3.63) is 21.9 Å². The molecule has 0 aliphatic rings. The summed E-state index contributed by atoms with van der Waals surface area (Å²) in [4.78, 5) is 1.27. The zero-order valence-corrected chi connectivity index (χ0v) is 12.3. The fraction of sp³-hybridized carbons (Fsp3) is 0.667. The summed E-state index contributed by atoms with van der Waals surface area (Å²) in [6.45, 7) is 5.11. The van der Waals surface area contributed by atoms with Gasteiger partial charge in [0.05, 0.1) is 5.75 Å². The van der Waals surface area contributed by atoms with Gasteiger partial charge >= 0.3 is 0 Å². The predicted octanol–water partition coefficient (Wildman–Crippen LogP) is 2.53. The Balaban J connectivity index is 2.71. The molecule has 0 radical (unpaired) electrons. The van der Waals surface area contributed by atoms with E-state index >= 15 is 0 Å². The van der Waals surface area contributed by atoms with Crippen molar-refractivity contribution in [3.8, 4) is 0 Å².